The molecule has 0 aromatic heterocycles. The van der Waals surface area contributed by atoms with Crippen molar-refractivity contribution in [2.24, 2.45) is 0 Å². The van der Waals surface area contributed by atoms with E-state index in [0.29, 0.717) is 12.1 Å². The van der Waals surface area contributed by atoms with Gasteiger partial charge < -0.3 is 5.32 Å². The van der Waals surface area contributed by atoms with Crippen molar-refractivity contribution in [2.75, 3.05) is 19.6 Å². The summed E-state index contributed by atoms with van der Waals surface area (Å²) in [5.74, 6) is 2.71. The van der Waals surface area contributed by atoms with E-state index in [4.69, 9.17) is 6.42 Å². The summed E-state index contributed by atoms with van der Waals surface area (Å²) >= 11 is 0. The molecule has 2 nitrogen and oxygen atoms in total. The Labute approximate surface area is 101 Å². The predicted octanol–water partition coefficient (Wildman–Crippen LogP) is 2.25. The fourth-order valence-corrected chi connectivity index (χ4v) is 2.39. The fourth-order valence-electron chi connectivity index (χ4n) is 2.39. The maximum Gasteiger partial charge on any atom is 0.0195 e. The van der Waals surface area contributed by atoms with Crippen LogP contribution in [0.3, 0.4) is 0 Å². The van der Waals surface area contributed by atoms with E-state index < -0.39 is 0 Å². The lowest BCUT2D eigenvalue weighted by Crippen LogP contribution is -2.55. The van der Waals surface area contributed by atoms with Gasteiger partial charge in [0, 0.05) is 31.6 Å². The van der Waals surface area contributed by atoms with Gasteiger partial charge in [-0.1, -0.05) is 13.3 Å². The maximum absolute atomic E-state index is 5.26. The highest BCUT2D eigenvalue weighted by atomic mass is 15.2. The summed E-state index contributed by atoms with van der Waals surface area (Å²) in [6.07, 6.45) is 11.2. The first kappa shape index (κ1) is 13.5. The van der Waals surface area contributed by atoms with Crippen LogP contribution in [-0.4, -0.2) is 36.6 Å². The maximum atomic E-state index is 5.26. The van der Waals surface area contributed by atoms with Crippen LogP contribution < -0.4 is 5.32 Å². The zero-order chi connectivity index (χ0) is 11.8. The monoisotopic (exact) mass is 222 g/mol. The summed E-state index contributed by atoms with van der Waals surface area (Å²) in [4.78, 5) is 2.62. The molecule has 92 valence electrons. The normalized spacial score (nSPS) is 26.6. The minimum Gasteiger partial charge on any atom is -0.311 e. The second-order valence-electron chi connectivity index (χ2n) is 4.90. The van der Waals surface area contributed by atoms with Gasteiger partial charge >= 0.3 is 0 Å². The minimum absolute atomic E-state index is 0.680. The summed E-state index contributed by atoms with van der Waals surface area (Å²) in [6, 6.07) is 1.38. The third-order valence-electron chi connectivity index (χ3n) is 3.43. The quantitative estimate of drug-likeness (QED) is 0.548. The van der Waals surface area contributed by atoms with Gasteiger partial charge in [-0.3, -0.25) is 4.90 Å². The molecule has 1 heterocycles. The molecule has 1 aliphatic heterocycles. The van der Waals surface area contributed by atoms with Gasteiger partial charge in [-0.05, 0) is 32.7 Å². The van der Waals surface area contributed by atoms with E-state index in [-0.39, 0.29) is 0 Å². The highest BCUT2D eigenvalue weighted by Gasteiger charge is 2.23. The van der Waals surface area contributed by atoms with Crippen molar-refractivity contribution < 1.29 is 0 Å². The van der Waals surface area contributed by atoms with Gasteiger partial charge in [0.2, 0.25) is 0 Å². The van der Waals surface area contributed by atoms with Gasteiger partial charge in [0.05, 0.1) is 0 Å². The topological polar surface area (TPSA) is 15.3 Å². The number of hydrogen-bond acceptors (Lipinski definition) is 2. The first-order chi connectivity index (χ1) is 7.77. The lowest BCUT2D eigenvalue weighted by atomic mass is 10.1. The smallest absolute Gasteiger partial charge is 0.0195 e. The summed E-state index contributed by atoms with van der Waals surface area (Å²) in [7, 11) is 0. The molecule has 1 N–H and O–H groups in total. The molecule has 1 saturated heterocycles. The van der Waals surface area contributed by atoms with Crippen LogP contribution in [0.25, 0.3) is 0 Å². The van der Waals surface area contributed by atoms with Gasteiger partial charge in [0.25, 0.3) is 0 Å². The second-order valence-corrected chi connectivity index (χ2v) is 4.90. The van der Waals surface area contributed by atoms with Crippen molar-refractivity contribution in [1.29, 1.82) is 0 Å². The van der Waals surface area contributed by atoms with E-state index in [1.54, 1.807) is 0 Å². The molecule has 0 aromatic carbocycles. The van der Waals surface area contributed by atoms with Crippen LogP contribution in [0.4, 0.5) is 0 Å². The van der Waals surface area contributed by atoms with Gasteiger partial charge in [-0.2, -0.15) is 0 Å². The molecule has 1 fully saturated rings. The van der Waals surface area contributed by atoms with Crippen LogP contribution in [0.2, 0.25) is 0 Å². The Kier molecular flexibility index (Phi) is 6.52. The zero-order valence-electron chi connectivity index (χ0n) is 10.8. The molecular formula is C14H26N2. The lowest BCUT2D eigenvalue weighted by Gasteiger charge is -2.38. The predicted molar refractivity (Wildman–Crippen MR) is 70.4 cm³/mol. The molecule has 0 bridgehead atoms. The number of hydrogen-bond donors (Lipinski definition) is 1. The average Bonchev–Trinajstić information content (AvgIpc) is 2.29. The van der Waals surface area contributed by atoms with E-state index in [9.17, 15) is 0 Å². The SMILES string of the molecule is C#CCCCCN1CC(CCC)NCC1C. The van der Waals surface area contributed by atoms with Crippen molar-refractivity contribution in [2.45, 2.75) is 58.0 Å². The number of nitrogens with one attached hydrogen (secondary N) is 1. The third-order valence-corrected chi connectivity index (χ3v) is 3.43. The number of rotatable bonds is 6. The Bertz CT molecular complexity index is 219. The molecule has 16 heavy (non-hydrogen) atoms. The minimum atomic E-state index is 0.680. The number of piperazine rings is 1. The van der Waals surface area contributed by atoms with Crippen molar-refractivity contribution in [3.05, 3.63) is 0 Å². The van der Waals surface area contributed by atoms with Crippen LogP contribution in [0.1, 0.15) is 46.0 Å². The van der Waals surface area contributed by atoms with E-state index in [1.807, 2.05) is 0 Å². The number of unbranched alkanes of at least 4 members (excludes halogenated alkanes) is 2. The van der Waals surface area contributed by atoms with Crippen LogP contribution in [0, 0.1) is 12.3 Å². The van der Waals surface area contributed by atoms with E-state index in [2.05, 4.69) is 30.0 Å². The van der Waals surface area contributed by atoms with Crippen LogP contribution in [0.5, 0.6) is 0 Å². The molecule has 2 unspecified atom stereocenters. The largest absolute Gasteiger partial charge is 0.311 e. The average molecular weight is 222 g/mol. The Morgan fingerprint density at radius 1 is 1.44 bits per heavy atom. The van der Waals surface area contributed by atoms with Gasteiger partial charge in [0.1, 0.15) is 0 Å². The Balaban J connectivity index is 2.24. The van der Waals surface area contributed by atoms with Crippen LogP contribution >= 0.6 is 0 Å². The highest BCUT2D eigenvalue weighted by Crippen LogP contribution is 2.11. The number of nitrogens with zero attached hydrogens (tertiary/aromatic N) is 1. The lowest BCUT2D eigenvalue weighted by molar-refractivity contribution is 0.135. The second kappa shape index (κ2) is 7.70. The molecule has 0 spiro atoms. The Morgan fingerprint density at radius 2 is 2.25 bits per heavy atom. The highest BCUT2D eigenvalue weighted by molar-refractivity contribution is 4.85. The number of terminal acetylenes is 1. The van der Waals surface area contributed by atoms with E-state index in [1.165, 1.54) is 38.8 Å². The Hall–Kier alpha value is -0.520. The van der Waals surface area contributed by atoms with Gasteiger partial charge in [0.15, 0.2) is 0 Å². The standard InChI is InChI=1S/C14H26N2/c1-4-6-7-8-10-16-12-14(9-5-2)15-11-13(16)3/h1,13-15H,5-12H2,2-3H3. The van der Waals surface area contributed by atoms with Crippen molar-refractivity contribution in [3.63, 3.8) is 0 Å². The summed E-state index contributed by atoms with van der Waals surface area (Å²) in [5.41, 5.74) is 0. The van der Waals surface area contributed by atoms with Crippen molar-refractivity contribution >= 4 is 0 Å². The van der Waals surface area contributed by atoms with Crippen molar-refractivity contribution in [1.82, 2.24) is 10.2 Å². The molecule has 0 aromatic rings. The first-order valence-electron chi connectivity index (χ1n) is 6.68. The molecule has 0 saturated carbocycles. The molecule has 2 atom stereocenters. The van der Waals surface area contributed by atoms with Gasteiger partial charge in [-0.15, -0.1) is 12.3 Å². The summed E-state index contributed by atoms with van der Waals surface area (Å²) in [5, 5.41) is 3.63. The van der Waals surface area contributed by atoms with Crippen molar-refractivity contribution in [3.8, 4) is 12.3 Å². The molecule has 0 aliphatic carbocycles. The van der Waals surface area contributed by atoms with E-state index in [0.717, 1.165) is 13.0 Å². The fraction of sp³-hybridized carbons (Fsp3) is 0.857. The van der Waals surface area contributed by atoms with Crippen LogP contribution in [0.15, 0.2) is 0 Å². The molecule has 1 rings (SSSR count). The van der Waals surface area contributed by atoms with E-state index >= 15 is 0 Å². The Morgan fingerprint density at radius 3 is 2.94 bits per heavy atom. The summed E-state index contributed by atoms with van der Waals surface area (Å²) < 4.78 is 0. The molecular weight excluding hydrogens is 196 g/mol. The molecule has 2 heteroatoms. The molecule has 1 aliphatic rings. The summed E-state index contributed by atoms with van der Waals surface area (Å²) in [6.45, 7) is 8.14. The first-order valence-corrected chi connectivity index (χ1v) is 6.68. The molecule has 0 amide bonds. The third kappa shape index (κ3) is 4.55. The molecule has 0 radical (unpaired) electrons. The van der Waals surface area contributed by atoms with Gasteiger partial charge in [-0.25, -0.2) is 0 Å². The zero-order valence-corrected chi connectivity index (χ0v) is 10.8. The van der Waals surface area contributed by atoms with Crippen LogP contribution in [-0.2, 0) is 0 Å².